The van der Waals surface area contributed by atoms with Gasteiger partial charge in [-0.3, -0.25) is 9.88 Å². The molecule has 0 aromatic rings. The van der Waals surface area contributed by atoms with Crippen LogP contribution in [0.25, 0.3) is 0 Å². The van der Waals surface area contributed by atoms with Gasteiger partial charge in [0.05, 0.1) is 0 Å². The Hall–Kier alpha value is -0.140. The predicted molar refractivity (Wildman–Crippen MR) is 34.6 cm³/mol. The van der Waals surface area contributed by atoms with Crippen molar-refractivity contribution in [3.8, 4) is 0 Å². The monoisotopic (exact) mass is 135 g/mol. The Morgan fingerprint density at radius 1 is 2.00 bits per heavy atom. The molecule has 0 aliphatic rings. The van der Waals surface area contributed by atoms with Crippen molar-refractivity contribution in [3.05, 3.63) is 0 Å². The molecule has 0 heterocycles. The molecule has 0 aromatic carbocycles. The van der Waals surface area contributed by atoms with E-state index < -0.39 is 12.0 Å². The lowest BCUT2D eigenvalue weighted by Crippen LogP contribution is -2.28. The van der Waals surface area contributed by atoms with Gasteiger partial charge in [0.2, 0.25) is 0 Å². The zero-order valence-electron chi connectivity index (χ0n) is 4.72. The molecule has 0 aromatic heterocycles. The molecule has 0 fully saturated rings. The molecule has 2 N–H and O–H groups in total. The van der Waals surface area contributed by atoms with Gasteiger partial charge in [-0.1, -0.05) is 16.3 Å². The van der Waals surface area contributed by atoms with E-state index in [1.807, 2.05) is 6.92 Å². The van der Waals surface area contributed by atoms with E-state index in [2.05, 4.69) is 14.5 Å². The van der Waals surface area contributed by atoms with Gasteiger partial charge in [0.25, 0.3) is 0 Å². The van der Waals surface area contributed by atoms with Gasteiger partial charge in [-0.2, -0.15) is 0 Å². The molecular formula is C4H10NO2P. The van der Waals surface area contributed by atoms with Gasteiger partial charge >= 0.3 is 5.97 Å². The third kappa shape index (κ3) is 2.24. The van der Waals surface area contributed by atoms with Crippen molar-refractivity contribution in [3.63, 3.8) is 0 Å². The Morgan fingerprint density at radius 3 is 2.50 bits per heavy atom. The second-order valence-corrected chi connectivity index (χ2v) is 1.80. The van der Waals surface area contributed by atoms with Gasteiger partial charge in [-0.25, -0.2) is 0 Å². The lowest BCUT2D eigenvalue weighted by atomic mass is 10.2. The van der Waals surface area contributed by atoms with Gasteiger partial charge in [-0.05, 0) is 6.42 Å². The van der Waals surface area contributed by atoms with Crippen LogP contribution >= 0.6 is 9.39 Å². The van der Waals surface area contributed by atoms with E-state index >= 15 is 0 Å². The molecule has 4 heteroatoms. The van der Waals surface area contributed by atoms with Crippen LogP contribution in [0, 0.1) is 0 Å². The van der Waals surface area contributed by atoms with Crippen molar-refractivity contribution >= 4 is 15.4 Å². The fourth-order valence-corrected chi connectivity index (χ4v) is 0.742. The first kappa shape index (κ1) is 7.86. The fourth-order valence-electron chi connectivity index (χ4n) is 0.364. The molecular weight excluding hydrogens is 125 g/mol. The molecule has 0 saturated heterocycles. The Bertz CT molecular complexity index is 82.1. The summed E-state index contributed by atoms with van der Waals surface area (Å²) in [4.78, 5) is 10.1. The zero-order chi connectivity index (χ0) is 6.57. The number of rotatable bonds is 3. The number of hydrogen-bond donors (Lipinski definition) is 2. The van der Waals surface area contributed by atoms with Crippen LogP contribution in [-0.4, -0.2) is 17.1 Å². The van der Waals surface area contributed by atoms with Crippen LogP contribution in [0.5, 0.6) is 0 Å². The summed E-state index contributed by atoms with van der Waals surface area (Å²) < 4.78 is 0. The summed E-state index contributed by atoms with van der Waals surface area (Å²) in [6.45, 7) is 1.82. The molecule has 2 atom stereocenters. The van der Waals surface area contributed by atoms with Gasteiger partial charge in [0.15, 0.2) is 0 Å². The second-order valence-electron chi connectivity index (χ2n) is 1.47. The van der Waals surface area contributed by atoms with Crippen molar-refractivity contribution in [1.82, 2.24) is 5.09 Å². The molecule has 0 rings (SSSR count). The summed E-state index contributed by atoms with van der Waals surface area (Å²) in [5.74, 6) is -0.803. The molecule has 0 amide bonds. The standard InChI is InChI=1S/C4H10NO2P/c1-2-3(5-8)4(6)7/h3,5H,2,8H2,1H3,(H,6,7)/t3-/m0/s1. The third-order valence-corrected chi connectivity index (χ3v) is 1.31. The SMILES string of the molecule is CC[C@H](NP)C(=O)O. The number of aliphatic carboxylic acids is 1. The first-order valence-corrected chi connectivity index (χ1v) is 2.99. The van der Waals surface area contributed by atoms with E-state index in [9.17, 15) is 4.79 Å². The lowest BCUT2D eigenvalue weighted by Gasteiger charge is -2.04. The Morgan fingerprint density at radius 2 is 2.50 bits per heavy atom. The maximum absolute atomic E-state index is 10.1. The van der Waals surface area contributed by atoms with E-state index in [-0.39, 0.29) is 0 Å². The minimum Gasteiger partial charge on any atom is -0.480 e. The van der Waals surface area contributed by atoms with Gasteiger partial charge < -0.3 is 5.11 Å². The predicted octanol–water partition coefficient (Wildman–Crippen LogP) is 0.229. The molecule has 0 saturated carbocycles. The Labute approximate surface area is 50.7 Å². The van der Waals surface area contributed by atoms with E-state index in [1.54, 1.807) is 0 Å². The van der Waals surface area contributed by atoms with E-state index in [4.69, 9.17) is 5.11 Å². The van der Waals surface area contributed by atoms with E-state index in [0.29, 0.717) is 6.42 Å². The molecule has 0 aliphatic heterocycles. The zero-order valence-corrected chi connectivity index (χ0v) is 5.87. The summed E-state index contributed by atoms with van der Waals surface area (Å²) in [5.41, 5.74) is 0. The molecule has 0 spiro atoms. The third-order valence-electron chi connectivity index (χ3n) is 0.908. The highest BCUT2D eigenvalue weighted by Gasteiger charge is 2.09. The highest BCUT2D eigenvalue weighted by molar-refractivity contribution is 7.13. The number of nitrogens with one attached hydrogen (secondary N) is 1. The van der Waals surface area contributed by atoms with Crippen LogP contribution < -0.4 is 5.09 Å². The fraction of sp³-hybridized carbons (Fsp3) is 0.750. The number of carbonyl (C=O) groups is 1. The maximum Gasteiger partial charge on any atom is 0.320 e. The van der Waals surface area contributed by atoms with E-state index in [0.717, 1.165) is 0 Å². The second kappa shape index (κ2) is 3.81. The Balaban J connectivity index is 3.52. The van der Waals surface area contributed by atoms with Crippen LogP contribution in [0.3, 0.4) is 0 Å². The van der Waals surface area contributed by atoms with Crippen molar-refractivity contribution in [2.75, 3.05) is 0 Å². The van der Waals surface area contributed by atoms with Gasteiger partial charge in [-0.15, -0.1) is 0 Å². The molecule has 1 unspecified atom stereocenters. The molecule has 8 heavy (non-hydrogen) atoms. The molecule has 0 aliphatic carbocycles. The summed E-state index contributed by atoms with van der Waals surface area (Å²) >= 11 is 0. The maximum atomic E-state index is 10.1. The summed E-state index contributed by atoms with van der Waals surface area (Å²) in [5, 5.41) is 10.9. The molecule has 0 radical (unpaired) electrons. The summed E-state index contributed by atoms with van der Waals surface area (Å²) in [7, 11) is 2.18. The van der Waals surface area contributed by atoms with Crippen molar-refractivity contribution in [2.24, 2.45) is 0 Å². The summed E-state index contributed by atoms with van der Waals surface area (Å²) in [6, 6.07) is -0.417. The normalized spacial score (nSPS) is 13.2. The lowest BCUT2D eigenvalue weighted by molar-refractivity contribution is -0.138. The minimum absolute atomic E-state index is 0.417. The topological polar surface area (TPSA) is 49.3 Å². The average Bonchev–Trinajstić information content (AvgIpc) is 1.69. The first-order valence-electron chi connectivity index (χ1n) is 2.41. The quantitative estimate of drug-likeness (QED) is 0.544. The van der Waals surface area contributed by atoms with Crippen LogP contribution in [0.4, 0.5) is 0 Å². The molecule has 0 bridgehead atoms. The van der Waals surface area contributed by atoms with Crippen LogP contribution in [0.2, 0.25) is 0 Å². The van der Waals surface area contributed by atoms with Crippen molar-refractivity contribution < 1.29 is 9.90 Å². The molecule has 3 nitrogen and oxygen atoms in total. The minimum atomic E-state index is -0.803. The molecule has 48 valence electrons. The van der Waals surface area contributed by atoms with Crippen LogP contribution in [0.15, 0.2) is 0 Å². The largest absolute Gasteiger partial charge is 0.480 e. The Kier molecular flexibility index (Phi) is 3.75. The van der Waals surface area contributed by atoms with Gasteiger partial charge in [0.1, 0.15) is 6.04 Å². The highest BCUT2D eigenvalue weighted by atomic mass is 31.0. The van der Waals surface area contributed by atoms with Crippen LogP contribution in [0.1, 0.15) is 13.3 Å². The summed E-state index contributed by atoms with van der Waals surface area (Å²) in [6.07, 6.45) is 0.610. The smallest absolute Gasteiger partial charge is 0.320 e. The number of carboxylic acids is 1. The first-order chi connectivity index (χ1) is 3.72. The van der Waals surface area contributed by atoms with Gasteiger partial charge in [0, 0.05) is 0 Å². The van der Waals surface area contributed by atoms with Crippen molar-refractivity contribution in [2.45, 2.75) is 19.4 Å². The van der Waals surface area contributed by atoms with Crippen LogP contribution in [-0.2, 0) is 4.79 Å². The van der Waals surface area contributed by atoms with E-state index in [1.165, 1.54) is 0 Å². The average molecular weight is 135 g/mol. The highest BCUT2D eigenvalue weighted by Crippen LogP contribution is 1.91. The van der Waals surface area contributed by atoms with Crippen molar-refractivity contribution in [1.29, 1.82) is 0 Å². The number of carboxylic acid groups (broad SMARTS) is 1. The number of hydrogen-bond acceptors (Lipinski definition) is 2.